The fourth-order valence-electron chi connectivity index (χ4n) is 2.89. The van der Waals surface area contributed by atoms with Gasteiger partial charge in [-0.25, -0.2) is 4.98 Å². The van der Waals surface area contributed by atoms with E-state index < -0.39 is 0 Å². The molecule has 0 atom stereocenters. The van der Waals surface area contributed by atoms with Gasteiger partial charge in [-0.1, -0.05) is 30.3 Å². The molecule has 0 aliphatic heterocycles. The minimum atomic E-state index is -0.327. The zero-order valence-corrected chi connectivity index (χ0v) is 16.8. The zero-order valence-electron chi connectivity index (χ0n) is 16.0. The number of nitrogens with one attached hydrogen (secondary N) is 2. The molecular weight excluding hydrogens is 398 g/mol. The van der Waals surface area contributed by atoms with E-state index in [4.69, 9.17) is 4.42 Å². The molecule has 30 heavy (non-hydrogen) atoms. The van der Waals surface area contributed by atoms with Crippen LogP contribution in [0, 0.1) is 0 Å². The highest BCUT2D eigenvalue weighted by molar-refractivity contribution is 7.09. The summed E-state index contributed by atoms with van der Waals surface area (Å²) in [4.78, 5) is 28.9. The number of carbonyl (C=O) groups is 2. The van der Waals surface area contributed by atoms with E-state index >= 15 is 0 Å². The summed E-state index contributed by atoms with van der Waals surface area (Å²) in [6, 6.07) is 20.3. The van der Waals surface area contributed by atoms with Crippen LogP contribution in [0.1, 0.15) is 26.8 Å². The molecule has 2 aromatic carbocycles. The van der Waals surface area contributed by atoms with E-state index in [-0.39, 0.29) is 24.0 Å². The van der Waals surface area contributed by atoms with E-state index in [1.165, 1.54) is 11.8 Å². The van der Waals surface area contributed by atoms with Gasteiger partial charge in [0.25, 0.3) is 5.91 Å². The maximum atomic E-state index is 12.3. The average Bonchev–Trinajstić information content (AvgIpc) is 3.43. The molecule has 4 aromatic rings. The van der Waals surface area contributed by atoms with Gasteiger partial charge in [-0.2, -0.15) is 0 Å². The predicted octanol–water partition coefficient (Wildman–Crippen LogP) is 4.76. The van der Waals surface area contributed by atoms with Gasteiger partial charge < -0.3 is 15.1 Å². The lowest BCUT2D eigenvalue weighted by atomic mass is 10.2. The third kappa shape index (κ3) is 5.21. The second-order valence-corrected chi connectivity index (χ2v) is 7.57. The third-order valence-corrected chi connectivity index (χ3v) is 5.21. The van der Waals surface area contributed by atoms with E-state index in [1.807, 2.05) is 23.6 Å². The molecule has 7 heteroatoms. The molecule has 4 rings (SSSR count). The molecule has 0 fully saturated rings. The molecule has 2 amide bonds. The number of hydrogen-bond acceptors (Lipinski definition) is 5. The number of hydrogen-bond donors (Lipinski definition) is 2. The average molecular weight is 417 g/mol. The molecule has 0 saturated carbocycles. The number of rotatable bonds is 7. The summed E-state index contributed by atoms with van der Waals surface area (Å²) < 4.78 is 5.06. The topological polar surface area (TPSA) is 84.2 Å². The highest BCUT2D eigenvalue weighted by Gasteiger charge is 2.10. The quantitative estimate of drug-likeness (QED) is 0.454. The number of benzene rings is 2. The first-order valence-corrected chi connectivity index (χ1v) is 10.3. The molecule has 0 spiro atoms. The lowest BCUT2D eigenvalue weighted by Crippen LogP contribution is -2.15. The van der Waals surface area contributed by atoms with Gasteiger partial charge >= 0.3 is 0 Å². The standard InChI is InChI=1S/C23H19N3O3S/c27-21(14-19-15-30-22(25-19)13-16-5-2-1-3-6-16)24-17-8-10-18(11-9-17)26-23(28)20-7-4-12-29-20/h1-12,15H,13-14H2,(H,24,27)(H,26,28). The van der Waals surface area contributed by atoms with E-state index in [1.54, 1.807) is 47.7 Å². The maximum Gasteiger partial charge on any atom is 0.291 e. The Morgan fingerprint density at radius 2 is 1.63 bits per heavy atom. The fourth-order valence-corrected chi connectivity index (χ4v) is 3.72. The summed E-state index contributed by atoms with van der Waals surface area (Å²) in [5, 5.41) is 8.49. The predicted molar refractivity (Wildman–Crippen MR) is 117 cm³/mol. The minimum Gasteiger partial charge on any atom is -0.459 e. The SMILES string of the molecule is O=C(Cc1csc(Cc2ccccc2)n1)Nc1ccc(NC(=O)c2ccco2)cc1. The molecule has 0 bridgehead atoms. The van der Waals surface area contributed by atoms with Crippen molar-refractivity contribution < 1.29 is 14.0 Å². The van der Waals surface area contributed by atoms with Crippen LogP contribution in [0.2, 0.25) is 0 Å². The molecule has 150 valence electrons. The summed E-state index contributed by atoms with van der Waals surface area (Å²) in [7, 11) is 0. The summed E-state index contributed by atoms with van der Waals surface area (Å²) in [6.45, 7) is 0. The van der Waals surface area contributed by atoms with Gasteiger partial charge in [-0.15, -0.1) is 11.3 Å². The van der Waals surface area contributed by atoms with Crippen molar-refractivity contribution >= 4 is 34.5 Å². The van der Waals surface area contributed by atoms with Crippen LogP contribution in [-0.4, -0.2) is 16.8 Å². The highest BCUT2D eigenvalue weighted by Crippen LogP contribution is 2.17. The Balaban J connectivity index is 1.29. The van der Waals surface area contributed by atoms with Crippen molar-refractivity contribution in [1.29, 1.82) is 0 Å². The van der Waals surface area contributed by atoms with Gasteiger partial charge in [0.2, 0.25) is 5.91 Å². The molecule has 0 aliphatic carbocycles. The highest BCUT2D eigenvalue weighted by atomic mass is 32.1. The molecule has 0 unspecified atom stereocenters. The Bertz CT molecular complexity index is 1120. The monoisotopic (exact) mass is 417 g/mol. The summed E-state index contributed by atoms with van der Waals surface area (Å²) in [5.74, 6) is -0.229. The van der Waals surface area contributed by atoms with Crippen LogP contribution >= 0.6 is 11.3 Å². The number of anilines is 2. The number of amides is 2. The number of furan rings is 1. The first kappa shape index (κ1) is 19.6. The van der Waals surface area contributed by atoms with Gasteiger partial charge in [0.05, 0.1) is 23.4 Å². The van der Waals surface area contributed by atoms with Gasteiger partial charge in [-0.3, -0.25) is 9.59 Å². The van der Waals surface area contributed by atoms with Crippen molar-refractivity contribution in [2.75, 3.05) is 10.6 Å². The second kappa shape index (κ2) is 9.19. The summed E-state index contributed by atoms with van der Waals surface area (Å²) in [6.07, 6.45) is 2.42. The normalized spacial score (nSPS) is 10.5. The third-order valence-electron chi connectivity index (χ3n) is 4.31. The van der Waals surface area contributed by atoms with Crippen molar-refractivity contribution in [2.24, 2.45) is 0 Å². The van der Waals surface area contributed by atoms with Gasteiger partial charge in [0, 0.05) is 23.2 Å². The number of aromatic nitrogens is 1. The molecule has 0 saturated heterocycles. The number of thiazole rings is 1. The van der Waals surface area contributed by atoms with Crippen LogP contribution in [0.4, 0.5) is 11.4 Å². The molecule has 2 N–H and O–H groups in total. The Hall–Kier alpha value is -3.71. The summed E-state index contributed by atoms with van der Waals surface area (Å²) in [5.41, 5.74) is 3.21. The van der Waals surface area contributed by atoms with Crippen LogP contribution in [0.3, 0.4) is 0 Å². The van der Waals surface area contributed by atoms with Crippen LogP contribution in [0.5, 0.6) is 0 Å². The lowest BCUT2D eigenvalue weighted by Gasteiger charge is -2.07. The van der Waals surface area contributed by atoms with E-state index in [2.05, 4.69) is 27.8 Å². The smallest absolute Gasteiger partial charge is 0.291 e. The van der Waals surface area contributed by atoms with Crippen LogP contribution in [0.25, 0.3) is 0 Å². The van der Waals surface area contributed by atoms with Crippen molar-refractivity contribution in [3.05, 3.63) is 100 Å². The fraction of sp³-hybridized carbons (Fsp3) is 0.0870. The van der Waals surface area contributed by atoms with Crippen molar-refractivity contribution in [1.82, 2.24) is 4.98 Å². The first-order chi connectivity index (χ1) is 14.7. The van der Waals surface area contributed by atoms with Crippen molar-refractivity contribution in [2.45, 2.75) is 12.8 Å². The Morgan fingerprint density at radius 3 is 2.33 bits per heavy atom. The van der Waals surface area contributed by atoms with E-state index in [0.717, 1.165) is 17.1 Å². The number of carbonyl (C=O) groups excluding carboxylic acids is 2. The Kier molecular flexibility index (Phi) is 6.01. The first-order valence-electron chi connectivity index (χ1n) is 9.38. The van der Waals surface area contributed by atoms with E-state index in [0.29, 0.717) is 11.4 Å². The van der Waals surface area contributed by atoms with Gasteiger partial charge in [0.1, 0.15) is 0 Å². The van der Waals surface area contributed by atoms with E-state index in [9.17, 15) is 9.59 Å². The second-order valence-electron chi connectivity index (χ2n) is 6.63. The largest absolute Gasteiger partial charge is 0.459 e. The van der Waals surface area contributed by atoms with Gasteiger partial charge in [-0.05, 0) is 42.0 Å². The molecule has 0 radical (unpaired) electrons. The molecular formula is C23H19N3O3S. The van der Waals surface area contributed by atoms with Gasteiger partial charge in [0.15, 0.2) is 5.76 Å². The minimum absolute atomic E-state index is 0.140. The molecule has 6 nitrogen and oxygen atoms in total. The Morgan fingerprint density at radius 1 is 0.900 bits per heavy atom. The van der Waals surface area contributed by atoms with Crippen LogP contribution in [0.15, 0.2) is 82.8 Å². The van der Waals surface area contributed by atoms with Crippen molar-refractivity contribution in [3.8, 4) is 0 Å². The number of nitrogens with zero attached hydrogens (tertiary/aromatic N) is 1. The molecule has 2 heterocycles. The summed E-state index contributed by atoms with van der Waals surface area (Å²) >= 11 is 1.56. The Labute approximate surface area is 177 Å². The maximum absolute atomic E-state index is 12.3. The zero-order chi connectivity index (χ0) is 20.8. The molecule has 2 aromatic heterocycles. The van der Waals surface area contributed by atoms with Crippen LogP contribution in [-0.2, 0) is 17.6 Å². The van der Waals surface area contributed by atoms with Crippen molar-refractivity contribution in [3.63, 3.8) is 0 Å². The van der Waals surface area contributed by atoms with Crippen LogP contribution < -0.4 is 10.6 Å². The lowest BCUT2D eigenvalue weighted by molar-refractivity contribution is -0.115. The molecule has 0 aliphatic rings.